The van der Waals surface area contributed by atoms with Gasteiger partial charge >= 0.3 is 0 Å². The number of hydrogen-bond acceptors (Lipinski definition) is 23. The SMILES string of the molecule is Clc1cccc(-c2nc(Cl)co2)n1.Clc1coc(-c2nc(Cl)co2)n1.Clc1csc(-c2nc(Cl)cs2)n1.Cn1cc(Cl)nc1-c1nc(Cl)cn1C.Cn1cc(F)nc1-c1nc(F)cn1C.Fc1coc(-c2nc(F)co2)n1.Fc1csc(-c2nc(F)cs2)n1. The molecular formula is C48H28Cl8F6N18O5S4. The van der Waals surface area contributed by atoms with Crippen LogP contribution >= 0.6 is 138 Å². The molecule has 0 atom stereocenters. The van der Waals surface area contributed by atoms with Gasteiger partial charge in [0.05, 0.1) is 12.4 Å². The molecule has 462 valence electrons. The minimum atomic E-state index is -0.802. The number of halogens is 14. The normalized spacial score (nSPS) is 10.6. The van der Waals surface area contributed by atoms with E-state index >= 15 is 0 Å². The van der Waals surface area contributed by atoms with Crippen LogP contribution in [0.1, 0.15) is 0 Å². The Balaban J connectivity index is 0.000000134. The summed E-state index contributed by atoms with van der Waals surface area (Å²) in [4.78, 5) is 52.6. The molecule has 0 fully saturated rings. The lowest BCUT2D eigenvalue weighted by Gasteiger charge is -1.99. The first kappa shape index (κ1) is 67.4. The van der Waals surface area contributed by atoms with E-state index in [0.29, 0.717) is 75.8 Å². The number of pyridine rings is 1. The monoisotopic (exact) mass is 1460 g/mol. The van der Waals surface area contributed by atoms with Crippen LogP contribution < -0.4 is 0 Å². The van der Waals surface area contributed by atoms with Gasteiger partial charge in [0.25, 0.3) is 35.5 Å². The van der Waals surface area contributed by atoms with Crippen molar-refractivity contribution in [3.63, 3.8) is 0 Å². The van der Waals surface area contributed by atoms with Crippen molar-refractivity contribution in [1.29, 1.82) is 0 Å². The molecule has 0 saturated carbocycles. The van der Waals surface area contributed by atoms with Crippen LogP contribution in [0.15, 0.2) is 118 Å². The Morgan fingerprint density at radius 2 is 0.652 bits per heavy atom. The van der Waals surface area contributed by atoms with E-state index in [-0.39, 0.29) is 33.9 Å². The lowest BCUT2D eigenvalue weighted by Crippen LogP contribution is -1.98. The Morgan fingerprint density at radius 3 is 0.933 bits per heavy atom. The molecule has 14 rings (SSSR count). The van der Waals surface area contributed by atoms with Crippen molar-refractivity contribution >= 4 is 138 Å². The molecule has 89 heavy (non-hydrogen) atoms. The summed E-state index contributed by atoms with van der Waals surface area (Å²) in [6, 6.07) is 5.19. The van der Waals surface area contributed by atoms with Gasteiger partial charge in [-0.1, -0.05) is 98.9 Å². The average Bonchev–Trinajstić information content (AvgIpc) is 3.66. The molecule has 41 heteroatoms. The number of aromatic nitrogens is 18. The van der Waals surface area contributed by atoms with Crippen LogP contribution in [0.5, 0.6) is 0 Å². The third-order valence-corrected chi connectivity index (χ3v) is 15.1. The number of thiazole rings is 4. The maximum atomic E-state index is 12.7. The van der Waals surface area contributed by atoms with Gasteiger partial charge in [0.2, 0.25) is 29.7 Å². The summed E-state index contributed by atoms with van der Waals surface area (Å²) in [6.45, 7) is 0. The second-order valence-corrected chi connectivity index (χ2v) is 22.6. The first-order valence-corrected chi connectivity index (χ1v) is 29.9. The molecule has 0 radical (unpaired) electrons. The molecule has 0 N–H and O–H groups in total. The zero-order valence-electron chi connectivity index (χ0n) is 44.3. The van der Waals surface area contributed by atoms with E-state index in [1.165, 1.54) is 73.8 Å². The van der Waals surface area contributed by atoms with Crippen molar-refractivity contribution in [1.82, 2.24) is 88.0 Å². The molecule has 0 amide bonds. The van der Waals surface area contributed by atoms with Crippen LogP contribution in [0, 0.1) is 35.7 Å². The largest absolute Gasteiger partial charge is 0.442 e. The summed E-state index contributed by atoms with van der Waals surface area (Å²) < 4.78 is 105. The highest BCUT2D eigenvalue weighted by molar-refractivity contribution is 7.20. The fraction of sp³-hybridized carbons (Fsp3) is 0.0833. The van der Waals surface area contributed by atoms with E-state index in [4.69, 9.17) is 106 Å². The molecule has 14 aromatic rings. The van der Waals surface area contributed by atoms with E-state index in [1.807, 2.05) is 14.1 Å². The van der Waals surface area contributed by atoms with Gasteiger partial charge in [-0.3, -0.25) is 0 Å². The minimum Gasteiger partial charge on any atom is -0.442 e. The Hall–Kier alpha value is -7.54. The molecule has 14 heterocycles. The first-order valence-electron chi connectivity index (χ1n) is 23.3. The van der Waals surface area contributed by atoms with E-state index in [0.717, 1.165) is 45.2 Å². The highest BCUT2D eigenvalue weighted by Gasteiger charge is 2.17. The van der Waals surface area contributed by atoms with E-state index < -0.39 is 35.7 Å². The van der Waals surface area contributed by atoms with Crippen LogP contribution in [0.4, 0.5) is 26.3 Å². The van der Waals surface area contributed by atoms with Gasteiger partial charge in [-0.15, -0.1) is 45.3 Å². The van der Waals surface area contributed by atoms with E-state index in [1.54, 1.807) is 64.6 Å². The number of aryl methyl sites for hydroxylation is 4. The summed E-state index contributed by atoms with van der Waals surface area (Å²) in [7, 11) is 6.96. The number of oxazole rings is 5. The van der Waals surface area contributed by atoms with Gasteiger partial charge < -0.3 is 40.4 Å². The van der Waals surface area contributed by atoms with Gasteiger partial charge in [-0.2, -0.15) is 61.2 Å². The summed E-state index contributed by atoms with van der Waals surface area (Å²) in [6.07, 6.45) is 11.3. The highest BCUT2D eigenvalue weighted by Crippen LogP contribution is 2.31. The van der Waals surface area contributed by atoms with Gasteiger partial charge in [-0.05, 0) is 12.1 Å². The van der Waals surface area contributed by atoms with Crippen LogP contribution in [0.25, 0.3) is 78.5 Å². The van der Waals surface area contributed by atoms with Gasteiger partial charge in [0, 0.05) is 62.1 Å². The van der Waals surface area contributed by atoms with Crippen molar-refractivity contribution in [3.05, 3.63) is 173 Å². The Bertz CT molecular complexity index is 3930. The van der Waals surface area contributed by atoms with Gasteiger partial charge in [-0.25, -0.2) is 34.9 Å². The van der Waals surface area contributed by atoms with E-state index in [9.17, 15) is 26.3 Å². The van der Waals surface area contributed by atoms with Gasteiger partial charge in [0.1, 0.15) is 62.8 Å². The third kappa shape index (κ3) is 19.5. The van der Waals surface area contributed by atoms with Crippen LogP contribution in [0.3, 0.4) is 0 Å². The zero-order chi connectivity index (χ0) is 64.1. The molecule has 14 aromatic heterocycles. The Labute approximate surface area is 549 Å². The van der Waals surface area contributed by atoms with Crippen molar-refractivity contribution in [2.75, 3.05) is 0 Å². The highest BCUT2D eigenvalue weighted by atomic mass is 35.5. The van der Waals surface area contributed by atoms with Crippen LogP contribution in [0.2, 0.25) is 41.2 Å². The lowest BCUT2D eigenvalue weighted by molar-refractivity contribution is 0.501. The molecule has 0 bridgehead atoms. The molecule has 0 aliphatic heterocycles. The second kappa shape index (κ2) is 31.3. The smallest absolute Gasteiger partial charge is 0.286 e. The van der Waals surface area contributed by atoms with Crippen LogP contribution in [-0.4, -0.2) is 88.0 Å². The fourth-order valence-corrected chi connectivity index (χ4v) is 10.6. The summed E-state index contributed by atoms with van der Waals surface area (Å²) in [5.41, 5.74) is 0.569. The quantitative estimate of drug-likeness (QED) is 0.106. The molecule has 0 saturated heterocycles. The minimum absolute atomic E-state index is 0.184. The molecule has 0 aliphatic carbocycles. The predicted octanol–water partition coefficient (Wildman–Crippen LogP) is 16.6. The van der Waals surface area contributed by atoms with Crippen molar-refractivity contribution in [2.24, 2.45) is 28.2 Å². The van der Waals surface area contributed by atoms with Crippen molar-refractivity contribution in [3.8, 4) is 78.5 Å². The maximum Gasteiger partial charge on any atom is 0.286 e. The maximum absolute atomic E-state index is 12.7. The summed E-state index contributed by atoms with van der Waals surface area (Å²) in [5.74, 6) is -1.49. The summed E-state index contributed by atoms with van der Waals surface area (Å²) >= 11 is 50.3. The molecule has 0 spiro atoms. The van der Waals surface area contributed by atoms with Crippen molar-refractivity contribution in [2.45, 2.75) is 0 Å². The second-order valence-electron chi connectivity index (χ2n) is 16.1. The van der Waals surface area contributed by atoms with E-state index in [2.05, 4.69) is 78.6 Å². The van der Waals surface area contributed by atoms with Gasteiger partial charge in [0.15, 0.2) is 58.8 Å². The number of nitrogens with zero attached hydrogens (tertiary/aromatic N) is 18. The molecule has 0 aromatic carbocycles. The topological polar surface area (TPSA) is 266 Å². The molecule has 23 nitrogen and oxygen atoms in total. The predicted molar refractivity (Wildman–Crippen MR) is 321 cm³/mol. The average molecular weight is 1460 g/mol. The number of imidazole rings is 4. The third-order valence-electron chi connectivity index (χ3n) is 9.74. The number of hydrogen-bond donors (Lipinski definition) is 0. The van der Waals surface area contributed by atoms with Crippen LogP contribution in [-0.2, 0) is 28.2 Å². The summed E-state index contributed by atoms with van der Waals surface area (Å²) in [5, 5.41) is 11.6. The Kier molecular flexibility index (Phi) is 23.7. The Morgan fingerprint density at radius 1 is 0.303 bits per heavy atom. The number of rotatable bonds is 7. The van der Waals surface area contributed by atoms with Crippen molar-refractivity contribution < 1.29 is 48.4 Å². The standard InChI is InChI=1S/C8H8Cl2N4.C8H4Cl2N2O.C8H8F2N4.C6H2Cl2N2O2.C6H2Cl2N2S2.C6H2F2N2O2.C6H2F2N2S2/c1-13-3-5(9)11-7(13)8-12-6(10)4-14(8)2;9-6-3-1-2-5(11-6)8-12-7(10)4-13-8;1-13-3-5(9)11-7(13)8-12-6(10)4-14(8)2;4*7-3-1-11-5(9-3)6-10-4(8)2-12-6/h3-4H,1-2H3;1-4H;3-4H,1-2H3;4*1-2H. The lowest BCUT2D eigenvalue weighted by atomic mass is 10.3. The molecule has 0 unspecified atom stereocenters. The zero-order valence-corrected chi connectivity index (χ0v) is 53.6. The molecule has 0 aliphatic rings. The first-order chi connectivity index (χ1) is 42.4. The fourth-order valence-electron chi connectivity index (χ4n) is 6.27. The molecular weight excluding hydrogens is 1430 g/mol.